The molecule has 2 aromatic rings. The molecular weight excluding hydrogens is 318 g/mol. The van der Waals surface area contributed by atoms with E-state index in [9.17, 15) is 4.79 Å². The number of fused-ring (bicyclic) bond motifs is 1. The summed E-state index contributed by atoms with van der Waals surface area (Å²) in [5, 5.41) is 5.86. The molecule has 6 nitrogen and oxygen atoms in total. The Balaban J connectivity index is 1.57. The maximum Gasteiger partial charge on any atom is 0.249 e. The standard InChI is InChI=1S/C19H23N3O3/c20-19(23)18-16(6-5-15-3-1-2-4-17(15)18)7-8-21-25-14-11-22-9-12-24-13-10-22/h1-6,8H,7,9-14H2,(H2,20,23). The summed E-state index contributed by atoms with van der Waals surface area (Å²) >= 11 is 0. The highest BCUT2D eigenvalue weighted by atomic mass is 16.6. The van der Waals surface area contributed by atoms with Crippen LogP contribution in [0, 0.1) is 0 Å². The van der Waals surface area contributed by atoms with Crippen LogP contribution in [0.5, 0.6) is 0 Å². The van der Waals surface area contributed by atoms with Crippen LogP contribution >= 0.6 is 0 Å². The lowest BCUT2D eigenvalue weighted by Crippen LogP contribution is -2.38. The number of amides is 1. The van der Waals surface area contributed by atoms with Gasteiger partial charge in [-0.1, -0.05) is 41.6 Å². The van der Waals surface area contributed by atoms with Crippen molar-refractivity contribution in [2.24, 2.45) is 10.9 Å². The number of rotatable bonds is 7. The first-order valence-corrected chi connectivity index (χ1v) is 8.50. The van der Waals surface area contributed by atoms with Gasteiger partial charge < -0.3 is 15.3 Å². The first-order valence-electron chi connectivity index (χ1n) is 8.50. The molecule has 1 fully saturated rings. The highest BCUT2D eigenvalue weighted by molar-refractivity contribution is 6.08. The van der Waals surface area contributed by atoms with E-state index in [1.165, 1.54) is 0 Å². The number of morpholine rings is 1. The maximum absolute atomic E-state index is 11.9. The Labute approximate surface area is 147 Å². The summed E-state index contributed by atoms with van der Waals surface area (Å²) in [5.41, 5.74) is 6.99. The summed E-state index contributed by atoms with van der Waals surface area (Å²) in [7, 11) is 0. The zero-order valence-electron chi connectivity index (χ0n) is 14.2. The lowest BCUT2D eigenvalue weighted by Gasteiger charge is -2.25. The molecule has 1 aliphatic heterocycles. The number of hydrogen-bond donors (Lipinski definition) is 1. The second kappa shape index (κ2) is 8.60. The second-order valence-corrected chi connectivity index (χ2v) is 5.96. The molecule has 132 valence electrons. The van der Waals surface area contributed by atoms with Gasteiger partial charge in [0.25, 0.3) is 0 Å². The average Bonchev–Trinajstić information content (AvgIpc) is 2.64. The first kappa shape index (κ1) is 17.4. The van der Waals surface area contributed by atoms with Crippen LogP contribution in [0.25, 0.3) is 10.8 Å². The van der Waals surface area contributed by atoms with Gasteiger partial charge in [0.05, 0.1) is 18.8 Å². The first-order chi connectivity index (χ1) is 12.3. The topological polar surface area (TPSA) is 77.2 Å². The van der Waals surface area contributed by atoms with E-state index in [2.05, 4.69) is 10.1 Å². The molecule has 0 atom stereocenters. The molecule has 0 spiro atoms. The highest BCUT2D eigenvalue weighted by Gasteiger charge is 2.12. The van der Waals surface area contributed by atoms with Gasteiger partial charge in [-0.15, -0.1) is 0 Å². The van der Waals surface area contributed by atoms with Gasteiger partial charge in [0.1, 0.15) is 6.61 Å². The minimum atomic E-state index is -0.423. The molecule has 6 heteroatoms. The minimum Gasteiger partial charge on any atom is -0.395 e. The van der Waals surface area contributed by atoms with E-state index in [1.54, 1.807) is 6.21 Å². The molecule has 1 amide bonds. The number of carbonyl (C=O) groups is 1. The summed E-state index contributed by atoms with van der Waals surface area (Å²) in [6.45, 7) is 4.81. The molecule has 25 heavy (non-hydrogen) atoms. The van der Waals surface area contributed by atoms with Gasteiger partial charge in [-0.3, -0.25) is 9.69 Å². The van der Waals surface area contributed by atoms with Crippen molar-refractivity contribution < 1.29 is 14.4 Å². The summed E-state index contributed by atoms with van der Waals surface area (Å²) in [6, 6.07) is 11.6. The van der Waals surface area contributed by atoms with Crippen molar-refractivity contribution in [2.75, 3.05) is 39.5 Å². The molecule has 1 heterocycles. The molecule has 1 aliphatic rings. The molecule has 1 saturated heterocycles. The smallest absolute Gasteiger partial charge is 0.249 e. The summed E-state index contributed by atoms with van der Waals surface area (Å²) in [6.07, 6.45) is 2.18. The van der Waals surface area contributed by atoms with Crippen molar-refractivity contribution in [2.45, 2.75) is 6.42 Å². The zero-order chi connectivity index (χ0) is 17.5. The molecule has 2 aromatic carbocycles. The SMILES string of the molecule is NC(=O)c1c(CC=NOCCN2CCOCC2)ccc2ccccc12. The van der Waals surface area contributed by atoms with Crippen LogP contribution in [0.2, 0.25) is 0 Å². The summed E-state index contributed by atoms with van der Waals surface area (Å²) < 4.78 is 5.30. The van der Waals surface area contributed by atoms with Crippen LogP contribution in [0.15, 0.2) is 41.6 Å². The van der Waals surface area contributed by atoms with Crippen LogP contribution in [0.4, 0.5) is 0 Å². The third kappa shape index (κ3) is 4.55. The number of carbonyl (C=O) groups excluding carboxylic acids is 1. The number of nitrogens with zero attached hydrogens (tertiary/aromatic N) is 2. The number of oxime groups is 1. The fourth-order valence-electron chi connectivity index (χ4n) is 3.01. The van der Waals surface area contributed by atoms with Crippen molar-refractivity contribution >= 4 is 22.9 Å². The molecule has 3 rings (SSSR count). The quantitative estimate of drug-likeness (QED) is 0.473. The molecule has 2 N–H and O–H groups in total. The summed E-state index contributed by atoms with van der Waals surface area (Å²) in [4.78, 5) is 19.5. The van der Waals surface area contributed by atoms with E-state index in [1.807, 2.05) is 36.4 Å². The molecule has 0 aliphatic carbocycles. The van der Waals surface area contributed by atoms with Crippen molar-refractivity contribution in [1.82, 2.24) is 4.90 Å². The van der Waals surface area contributed by atoms with Crippen LogP contribution in [-0.2, 0) is 16.0 Å². The average molecular weight is 341 g/mol. The van der Waals surface area contributed by atoms with Gasteiger partial charge in [-0.05, 0) is 16.3 Å². The third-order valence-corrected chi connectivity index (χ3v) is 4.32. The second-order valence-electron chi connectivity index (χ2n) is 5.96. The van der Waals surface area contributed by atoms with Gasteiger partial charge in [-0.25, -0.2) is 0 Å². The fourth-order valence-corrected chi connectivity index (χ4v) is 3.01. The monoisotopic (exact) mass is 341 g/mol. The molecule has 0 saturated carbocycles. The van der Waals surface area contributed by atoms with Gasteiger partial charge in [0, 0.05) is 32.3 Å². The number of benzene rings is 2. The number of nitrogens with two attached hydrogens (primary N) is 1. The van der Waals surface area contributed by atoms with E-state index in [0.717, 1.165) is 49.2 Å². The molecular formula is C19H23N3O3. The maximum atomic E-state index is 11.9. The van der Waals surface area contributed by atoms with E-state index >= 15 is 0 Å². The summed E-state index contributed by atoms with van der Waals surface area (Å²) in [5.74, 6) is -0.423. The zero-order valence-corrected chi connectivity index (χ0v) is 14.2. The molecule has 0 bridgehead atoms. The van der Waals surface area contributed by atoms with Crippen LogP contribution < -0.4 is 5.73 Å². The lowest BCUT2D eigenvalue weighted by atomic mass is 9.97. The van der Waals surface area contributed by atoms with E-state index in [0.29, 0.717) is 18.6 Å². The Morgan fingerprint density at radius 3 is 2.84 bits per heavy atom. The normalized spacial score (nSPS) is 15.7. The predicted molar refractivity (Wildman–Crippen MR) is 97.9 cm³/mol. The predicted octanol–water partition coefficient (Wildman–Crippen LogP) is 1.82. The van der Waals surface area contributed by atoms with Crippen LogP contribution in [-0.4, -0.2) is 56.5 Å². The van der Waals surface area contributed by atoms with Gasteiger partial charge >= 0.3 is 0 Å². The number of ether oxygens (including phenoxy) is 1. The van der Waals surface area contributed by atoms with Crippen molar-refractivity contribution in [3.63, 3.8) is 0 Å². The van der Waals surface area contributed by atoms with E-state index in [4.69, 9.17) is 15.3 Å². The van der Waals surface area contributed by atoms with Crippen molar-refractivity contribution in [3.05, 3.63) is 47.5 Å². The number of primary amides is 1. The Morgan fingerprint density at radius 1 is 1.24 bits per heavy atom. The van der Waals surface area contributed by atoms with Gasteiger partial charge in [0.15, 0.2) is 0 Å². The van der Waals surface area contributed by atoms with Gasteiger partial charge in [-0.2, -0.15) is 0 Å². The highest BCUT2D eigenvalue weighted by Crippen LogP contribution is 2.22. The molecule has 0 radical (unpaired) electrons. The van der Waals surface area contributed by atoms with E-state index in [-0.39, 0.29) is 0 Å². The fraction of sp³-hybridized carbons (Fsp3) is 0.368. The molecule has 0 aromatic heterocycles. The van der Waals surface area contributed by atoms with Gasteiger partial charge in [0.2, 0.25) is 5.91 Å². The Bertz CT molecular complexity index is 755. The Kier molecular flexibility index (Phi) is 5.98. The lowest BCUT2D eigenvalue weighted by molar-refractivity contribution is 0.0213. The molecule has 0 unspecified atom stereocenters. The Hall–Kier alpha value is -2.44. The third-order valence-electron chi connectivity index (χ3n) is 4.32. The number of hydrogen-bond acceptors (Lipinski definition) is 5. The minimum absolute atomic E-state index is 0.423. The van der Waals surface area contributed by atoms with E-state index < -0.39 is 5.91 Å². The van der Waals surface area contributed by atoms with Crippen molar-refractivity contribution in [3.8, 4) is 0 Å². The van der Waals surface area contributed by atoms with Crippen molar-refractivity contribution in [1.29, 1.82) is 0 Å². The Morgan fingerprint density at radius 2 is 2.04 bits per heavy atom. The van der Waals surface area contributed by atoms with Crippen LogP contribution in [0.3, 0.4) is 0 Å². The van der Waals surface area contributed by atoms with Crippen LogP contribution in [0.1, 0.15) is 15.9 Å². The largest absolute Gasteiger partial charge is 0.395 e.